The van der Waals surface area contributed by atoms with Gasteiger partial charge in [0.15, 0.2) is 0 Å². The van der Waals surface area contributed by atoms with Gasteiger partial charge in [0.05, 0.1) is 11.8 Å². The number of hydrogen-bond acceptors (Lipinski definition) is 5. The van der Waals surface area contributed by atoms with E-state index in [2.05, 4.69) is 51.6 Å². The van der Waals surface area contributed by atoms with Gasteiger partial charge in [-0.25, -0.2) is 9.67 Å². The molecule has 128 valence electrons. The lowest BCUT2D eigenvalue weighted by atomic mass is 10.0. The first-order chi connectivity index (χ1) is 12.3. The standard InChI is InChI=1S/C19H21N5O/c1-14-9-15(4-5-18(14)24-13-21-12-23-24)10-22-17-6-8-25-19(17)16-3-2-7-20-11-16/h2-5,7,9,11-13,17,19,22H,6,8,10H2,1H3/t17-,19+/m0/s1. The first kappa shape index (κ1) is 15.9. The first-order valence-electron chi connectivity index (χ1n) is 8.51. The average Bonchev–Trinajstić information content (AvgIpc) is 3.32. The van der Waals surface area contributed by atoms with E-state index in [0.29, 0.717) is 6.04 Å². The van der Waals surface area contributed by atoms with Crippen LogP contribution in [0.15, 0.2) is 55.4 Å². The zero-order chi connectivity index (χ0) is 17.1. The molecular formula is C19H21N5O. The Balaban J connectivity index is 1.43. The van der Waals surface area contributed by atoms with E-state index in [1.54, 1.807) is 23.5 Å². The fourth-order valence-corrected chi connectivity index (χ4v) is 3.34. The molecule has 1 saturated heterocycles. The fraction of sp³-hybridized carbons (Fsp3) is 0.316. The third-order valence-corrected chi connectivity index (χ3v) is 4.60. The SMILES string of the molecule is Cc1cc(CN[C@H]2CCO[C@@H]2c2cccnc2)ccc1-n1cncn1. The largest absolute Gasteiger partial charge is 0.372 e. The zero-order valence-electron chi connectivity index (χ0n) is 14.2. The number of nitrogens with zero attached hydrogens (tertiary/aromatic N) is 4. The van der Waals surface area contributed by atoms with E-state index >= 15 is 0 Å². The van der Waals surface area contributed by atoms with Crippen LogP contribution >= 0.6 is 0 Å². The van der Waals surface area contributed by atoms with Crippen molar-refractivity contribution in [1.29, 1.82) is 0 Å². The molecule has 1 fully saturated rings. The molecule has 3 aromatic rings. The first-order valence-corrected chi connectivity index (χ1v) is 8.51. The van der Waals surface area contributed by atoms with Gasteiger partial charge < -0.3 is 10.1 Å². The molecule has 1 N–H and O–H groups in total. The Bertz CT molecular complexity index is 819. The van der Waals surface area contributed by atoms with Crippen molar-refractivity contribution < 1.29 is 4.74 Å². The van der Waals surface area contributed by atoms with E-state index in [1.807, 2.05) is 12.3 Å². The minimum atomic E-state index is 0.0734. The molecule has 2 aromatic heterocycles. The lowest BCUT2D eigenvalue weighted by Gasteiger charge is -2.20. The minimum Gasteiger partial charge on any atom is -0.372 e. The summed E-state index contributed by atoms with van der Waals surface area (Å²) >= 11 is 0. The minimum absolute atomic E-state index is 0.0734. The highest BCUT2D eigenvalue weighted by Crippen LogP contribution is 2.28. The summed E-state index contributed by atoms with van der Waals surface area (Å²) < 4.78 is 7.70. The molecule has 0 aliphatic carbocycles. The molecular weight excluding hydrogens is 314 g/mol. The van der Waals surface area contributed by atoms with Gasteiger partial charge in [0, 0.05) is 37.2 Å². The molecule has 25 heavy (non-hydrogen) atoms. The van der Waals surface area contributed by atoms with Crippen LogP contribution in [0.3, 0.4) is 0 Å². The van der Waals surface area contributed by atoms with Crippen LogP contribution in [-0.4, -0.2) is 32.4 Å². The van der Waals surface area contributed by atoms with E-state index in [-0.39, 0.29) is 6.10 Å². The maximum Gasteiger partial charge on any atom is 0.138 e. The second kappa shape index (κ2) is 7.13. The monoisotopic (exact) mass is 335 g/mol. The van der Waals surface area contributed by atoms with Crippen molar-refractivity contribution >= 4 is 0 Å². The van der Waals surface area contributed by atoms with E-state index in [1.165, 1.54) is 11.1 Å². The van der Waals surface area contributed by atoms with Gasteiger partial charge in [-0.1, -0.05) is 18.2 Å². The second-order valence-corrected chi connectivity index (χ2v) is 6.31. The van der Waals surface area contributed by atoms with E-state index in [4.69, 9.17) is 4.74 Å². The van der Waals surface area contributed by atoms with Gasteiger partial charge in [-0.2, -0.15) is 5.10 Å². The number of benzene rings is 1. The number of ether oxygens (including phenoxy) is 1. The summed E-state index contributed by atoms with van der Waals surface area (Å²) in [4.78, 5) is 8.21. The quantitative estimate of drug-likeness (QED) is 0.776. The van der Waals surface area contributed by atoms with Crippen LogP contribution in [0, 0.1) is 6.92 Å². The normalized spacial score (nSPS) is 20.0. The Labute approximate surface area is 146 Å². The second-order valence-electron chi connectivity index (χ2n) is 6.31. The van der Waals surface area contributed by atoms with Gasteiger partial charge in [-0.05, 0) is 36.6 Å². The average molecular weight is 335 g/mol. The molecule has 0 bridgehead atoms. The molecule has 1 aliphatic rings. The number of rotatable bonds is 5. The van der Waals surface area contributed by atoms with Crippen LogP contribution in [0.4, 0.5) is 0 Å². The van der Waals surface area contributed by atoms with Crippen LogP contribution in [-0.2, 0) is 11.3 Å². The number of nitrogens with one attached hydrogen (secondary N) is 1. The topological polar surface area (TPSA) is 64.9 Å². The predicted molar refractivity (Wildman–Crippen MR) is 94.3 cm³/mol. The lowest BCUT2D eigenvalue weighted by Crippen LogP contribution is -2.31. The Morgan fingerprint density at radius 3 is 3.00 bits per heavy atom. The third-order valence-electron chi connectivity index (χ3n) is 4.60. The van der Waals surface area contributed by atoms with Crippen molar-refractivity contribution in [2.75, 3.05) is 6.61 Å². The molecule has 0 unspecified atom stereocenters. The smallest absolute Gasteiger partial charge is 0.138 e. The van der Waals surface area contributed by atoms with E-state index in [0.717, 1.165) is 30.8 Å². The van der Waals surface area contributed by atoms with Crippen LogP contribution in [0.1, 0.15) is 29.2 Å². The summed E-state index contributed by atoms with van der Waals surface area (Å²) in [5, 5.41) is 7.84. The summed E-state index contributed by atoms with van der Waals surface area (Å²) in [6.07, 6.45) is 8.03. The molecule has 0 spiro atoms. The van der Waals surface area contributed by atoms with Gasteiger partial charge in [-0.15, -0.1) is 0 Å². The van der Waals surface area contributed by atoms with Crippen molar-refractivity contribution in [2.45, 2.75) is 32.0 Å². The molecule has 1 aliphatic heterocycles. The summed E-state index contributed by atoms with van der Waals surface area (Å²) in [7, 11) is 0. The highest BCUT2D eigenvalue weighted by molar-refractivity contribution is 5.41. The highest BCUT2D eigenvalue weighted by Gasteiger charge is 2.29. The van der Waals surface area contributed by atoms with Gasteiger partial charge >= 0.3 is 0 Å². The number of hydrogen-bond donors (Lipinski definition) is 1. The molecule has 1 aromatic carbocycles. The number of pyridine rings is 1. The maximum atomic E-state index is 5.91. The molecule has 6 heteroatoms. The van der Waals surface area contributed by atoms with E-state index in [9.17, 15) is 0 Å². The van der Waals surface area contributed by atoms with Crippen molar-refractivity contribution in [3.63, 3.8) is 0 Å². The Morgan fingerprint density at radius 2 is 2.24 bits per heavy atom. The van der Waals surface area contributed by atoms with Crippen molar-refractivity contribution in [3.05, 3.63) is 72.1 Å². The van der Waals surface area contributed by atoms with Crippen LogP contribution in [0.5, 0.6) is 0 Å². The molecule has 3 heterocycles. The predicted octanol–water partition coefficient (Wildman–Crippen LogP) is 2.59. The molecule has 0 saturated carbocycles. The van der Waals surface area contributed by atoms with Gasteiger partial charge in [0.25, 0.3) is 0 Å². The van der Waals surface area contributed by atoms with Crippen LogP contribution < -0.4 is 5.32 Å². The zero-order valence-corrected chi connectivity index (χ0v) is 14.2. The Hall–Kier alpha value is -2.57. The fourth-order valence-electron chi connectivity index (χ4n) is 3.34. The number of aromatic nitrogens is 4. The van der Waals surface area contributed by atoms with Gasteiger partial charge in [0.2, 0.25) is 0 Å². The summed E-state index contributed by atoms with van der Waals surface area (Å²) in [6, 6.07) is 10.8. The highest BCUT2D eigenvalue weighted by atomic mass is 16.5. The number of aryl methyl sites for hydroxylation is 1. The van der Waals surface area contributed by atoms with Crippen molar-refractivity contribution in [3.8, 4) is 5.69 Å². The van der Waals surface area contributed by atoms with Gasteiger partial charge in [0.1, 0.15) is 12.7 Å². The summed E-state index contributed by atoms with van der Waals surface area (Å²) in [5.41, 5.74) is 4.61. The molecule has 6 nitrogen and oxygen atoms in total. The lowest BCUT2D eigenvalue weighted by molar-refractivity contribution is 0.0982. The molecule has 4 rings (SSSR count). The molecule has 0 radical (unpaired) electrons. The summed E-state index contributed by atoms with van der Waals surface area (Å²) in [6.45, 7) is 3.68. The van der Waals surface area contributed by atoms with Crippen LogP contribution in [0.2, 0.25) is 0 Å². The Kier molecular flexibility index (Phi) is 4.54. The molecule has 2 atom stereocenters. The maximum absolute atomic E-state index is 5.91. The van der Waals surface area contributed by atoms with Crippen molar-refractivity contribution in [1.82, 2.24) is 25.1 Å². The van der Waals surface area contributed by atoms with Crippen molar-refractivity contribution in [2.24, 2.45) is 0 Å². The Morgan fingerprint density at radius 1 is 1.28 bits per heavy atom. The summed E-state index contributed by atoms with van der Waals surface area (Å²) in [5.74, 6) is 0. The van der Waals surface area contributed by atoms with Gasteiger partial charge in [-0.3, -0.25) is 4.98 Å². The third kappa shape index (κ3) is 3.45. The van der Waals surface area contributed by atoms with Crippen LogP contribution in [0.25, 0.3) is 5.69 Å². The molecule has 0 amide bonds. The van der Waals surface area contributed by atoms with E-state index < -0.39 is 0 Å².